The predicted molar refractivity (Wildman–Crippen MR) is 86.8 cm³/mol. The van der Waals surface area contributed by atoms with E-state index < -0.39 is 0 Å². The fourth-order valence-corrected chi connectivity index (χ4v) is 3.43. The van der Waals surface area contributed by atoms with Gasteiger partial charge in [0, 0.05) is 31.4 Å². The summed E-state index contributed by atoms with van der Waals surface area (Å²) in [6.07, 6.45) is 3.39. The number of hydrogen-bond donors (Lipinski definition) is 0. The summed E-state index contributed by atoms with van der Waals surface area (Å²) in [7, 11) is 3.36. The molecule has 122 valence electrons. The van der Waals surface area contributed by atoms with Crippen LogP contribution in [0.15, 0.2) is 18.3 Å². The molecule has 1 atom stereocenters. The van der Waals surface area contributed by atoms with Gasteiger partial charge in [0.15, 0.2) is 0 Å². The summed E-state index contributed by atoms with van der Waals surface area (Å²) < 4.78 is 6.69. The standard InChI is InChI=1S/C16H19ClN4O2/c1-10-14(15(17)20(2)19-10)12-5-4-8-21(12)16(22)11-6-7-13(23-3)18-9-11/h6-7,9,12H,4-5,8H2,1-3H3/t12-/m0/s1. The molecule has 23 heavy (non-hydrogen) atoms. The van der Waals surface area contributed by atoms with E-state index in [0.717, 1.165) is 24.1 Å². The van der Waals surface area contributed by atoms with E-state index in [9.17, 15) is 4.79 Å². The van der Waals surface area contributed by atoms with Crippen LogP contribution in [-0.4, -0.2) is 39.2 Å². The number of aromatic nitrogens is 3. The van der Waals surface area contributed by atoms with Gasteiger partial charge in [0.2, 0.25) is 5.88 Å². The summed E-state index contributed by atoms with van der Waals surface area (Å²) in [5.41, 5.74) is 2.37. The summed E-state index contributed by atoms with van der Waals surface area (Å²) in [6, 6.07) is 3.40. The van der Waals surface area contributed by atoms with Crippen LogP contribution in [0.1, 0.15) is 40.5 Å². The number of ether oxygens (including phenoxy) is 1. The summed E-state index contributed by atoms with van der Waals surface area (Å²) in [4.78, 5) is 18.8. The maximum atomic E-state index is 12.8. The van der Waals surface area contributed by atoms with Gasteiger partial charge in [0.25, 0.3) is 5.91 Å². The average Bonchev–Trinajstić information content (AvgIpc) is 3.12. The molecule has 1 fully saturated rings. The third-order valence-corrected chi connectivity index (χ3v) is 4.68. The molecule has 0 N–H and O–H groups in total. The molecule has 0 saturated carbocycles. The van der Waals surface area contributed by atoms with Gasteiger partial charge in [-0.1, -0.05) is 11.6 Å². The Hall–Kier alpha value is -2.08. The highest BCUT2D eigenvalue weighted by atomic mass is 35.5. The van der Waals surface area contributed by atoms with Gasteiger partial charge in [-0.3, -0.25) is 9.48 Å². The summed E-state index contributed by atoms with van der Waals surface area (Å²) in [5, 5.41) is 4.96. The molecule has 0 unspecified atom stereocenters. The van der Waals surface area contributed by atoms with E-state index in [4.69, 9.17) is 16.3 Å². The van der Waals surface area contributed by atoms with Crippen LogP contribution in [0, 0.1) is 6.92 Å². The number of hydrogen-bond acceptors (Lipinski definition) is 4. The third-order valence-electron chi connectivity index (χ3n) is 4.24. The predicted octanol–water partition coefficient (Wildman–Crippen LogP) is 2.76. The molecular weight excluding hydrogens is 316 g/mol. The number of rotatable bonds is 3. The third kappa shape index (κ3) is 2.79. The largest absolute Gasteiger partial charge is 0.481 e. The van der Waals surface area contributed by atoms with Crippen LogP contribution in [-0.2, 0) is 7.05 Å². The van der Waals surface area contributed by atoms with Crippen molar-refractivity contribution in [3.8, 4) is 5.88 Å². The topological polar surface area (TPSA) is 60.2 Å². The highest BCUT2D eigenvalue weighted by Crippen LogP contribution is 2.38. The second kappa shape index (κ2) is 6.20. The number of methoxy groups -OCH3 is 1. The lowest BCUT2D eigenvalue weighted by Crippen LogP contribution is -2.31. The van der Waals surface area contributed by atoms with Crippen molar-refractivity contribution in [1.82, 2.24) is 19.7 Å². The van der Waals surface area contributed by atoms with Crippen molar-refractivity contribution in [1.29, 1.82) is 0 Å². The Morgan fingerprint density at radius 2 is 2.22 bits per heavy atom. The second-order valence-electron chi connectivity index (χ2n) is 5.66. The average molecular weight is 335 g/mol. The Morgan fingerprint density at radius 3 is 2.78 bits per heavy atom. The van der Waals surface area contributed by atoms with Crippen molar-refractivity contribution < 1.29 is 9.53 Å². The SMILES string of the molecule is COc1ccc(C(=O)N2CCC[C@H]2c2c(C)nn(C)c2Cl)cn1. The number of nitrogens with zero attached hydrogens (tertiary/aromatic N) is 4. The van der Waals surface area contributed by atoms with Gasteiger partial charge < -0.3 is 9.64 Å². The first-order chi connectivity index (χ1) is 11.0. The molecule has 7 heteroatoms. The van der Waals surface area contributed by atoms with E-state index in [1.54, 1.807) is 30.1 Å². The number of carbonyl (C=O) groups excluding carboxylic acids is 1. The summed E-state index contributed by atoms with van der Waals surface area (Å²) in [6.45, 7) is 2.64. The van der Waals surface area contributed by atoms with E-state index in [2.05, 4.69) is 10.1 Å². The lowest BCUT2D eigenvalue weighted by molar-refractivity contribution is 0.0735. The van der Waals surface area contributed by atoms with E-state index in [1.807, 2.05) is 18.9 Å². The van der Waals surface area contributed by atoms with Crippen LogP contribution >= 0.6 is 11.6 Å². The number of pyridine rings is 1. The number of carbonyl (C=O) groups is 1. The van der Waals surface area contributed by atoms with E-state index in [-0.39, 0.29) is 11.9 Å². The normalized spacial score (nSPS) is 17.6. The van der Waals surface area contributed by atoms with Gasteiger partial charge in [-0.05, 0) is 25.8 Å². The van der Waals surface area contributed by atoms with Gasteiger partial charge >= 0.3 is 0 Å². The fraction of sp³-hybridized carbons (Fsp3) is 0.438. The van der Waals surface area contributed by atoms with Crippen molar-refractivity contribution in [2.45, 2.75) is 25.8 Å². The van der Waals surface area contributed by atoms with Gasteiger partial charge in [0.05, 0.1) is 24.4 Å². The maximum Gasteiger partial charge on any atom is 0.255 e. The van der Waals surface area contributed by atoms with Gasteiger partial charge in [-0.15, -0.1) is 0 Å². The van der Waals surface area contributed by atoms with Crippen molar-refractivity contribution in [2.75, 3.05) is 13.7 Å². The van der Waals surface area contributed by atoms with Gasteiger partial charge in [0.1, 0.15) is 5.15 Å². The molecule has 0 bridgehead atoms. The highest BCUT2D eigenvalue weighted by molar-refractivity contribution is 6.30. The molecule has 0 aliphatic carbocycles. The second-order valence-corrected chi connectivity index (χ2v) is 6.02. The zero-order valence-electron chi connectivity index (χ0n) is 13.4. The Labute approximate surface area is 140 Å². The maximum absolute atomic E-state index is 12.8. The Bertz CT molecular complexity index is 726. The zero-order valence-corrected chi connectivity index (χ0v) is 14.2. The van der Waals surface area contributed by atoms with Crippen LogP contribution in [0.5, 0.6) is 5.88 Å². The van der Waals surface area contributed by atoms with E-state index >= 15 is 0 Å². The lowest BCUT2D eigenvalue weighted by atomic mass is 10.1. The quantitative estimate of drug-likeness (QED) is 0.866. The molecule has 2 aromatic rings. The summed E-state index contributed by atoms with van der Waals surface area (Å²) >= 11 is 6.38. The molecule has 0 spiro atoms. The van der Waals surface area contributed by atoms with E-state index in [0.29, 0.717) is 23.1 Å². The molecule has 1 aliphatic heterocycles. The number of aryl methyl sites for hydroxylation is 2. The zero-order chi connectivity index (χ0) is 16.6. The van der Waals surface area contributed by atoms with Crippen LogP contribution < -0.4 is 4.74 Å². The first kappa shape index (κ1) is 15.8. The molecule has 0 radical (unpaired) electrons. The Kier molecular flexibility index (Phi) is 4.26. The smallest absolute Gasteiger partial charge is 0.255 e. The lowest BCUT2D eigenvalue weighted by Gasteiger charge is -2.25. The molecule has 3 rings (SSSR count). The first-order valence-electron chi connectivity index (χ1n) is 7.53. The molecule has 1 aliphatic rings. The minimum absolute atomic E-state index is 0.0363. The first-order valence-corrected chi connectivity index (χ1v) is 7.90. The van der Waals surface area contributed by atoms with Crippen molar-refractivity contribution >= 4 is 17.5 Å². The van der Waals surface area contributed by atoms with E-state index in [1.165, 1.54) is 0 Å². The molecule has 6 nitrogen and oxygen atoms in total. The molecule has 0 aromatic carbocycles. The highest BCUT2D eigenvalue weighted by Gasteiger charge is 2.34. The molecule has 1 saturated heterocycles. The van der Waals surface area contributed by atoms with Crippen molar-refractivity contribution in [3.63, 3.8) is 0 Å². The molecule has 2 aromatic heterocycles. The number of likely N-dealkylation sites (tertiary alicyclic amines) is 1. The molecular formula is C16H19ClN4O2. The van der Waals surface area contributed by atoms with Crippen molar-refractivity contribution in [2.24, 2.45) is 7.05 Å². The van der Waals surface area contributed by atoms with Gasteiger partial charge in [-0.25, -0.2) is 4.98 Å². The number of amides is 1. The van der Waals surface area contributed by atoms with Crippen LogP contribution in [0.2, 0.25) is 5.15 Å². The van der Waals surface area contributed by atoms with Crippen LogP contribution in [0.3, 0.4) is 0 Å². The summed E-state index contributed by atoms with van der Waals surface area (Å²) in [5.74, 6) is 0.452. The van der Waals surface area contributed by atoms with Crippen LogP contribution in [0.4, 0.5) is 0 Å². The number of halogens is 1. The van der Waals surface area contributed by atoms with Gasteiger partial charge in [-0.2, -0.15) is 5.10 Å². The minimum atomic E-state index is -0.0398. The molecule has 3 heterocycles. The Balaban J connectivity index is 1.90. The van der Waals surface area contributed by atoms with Crippen LogP contribution in [0.25, 0.3) is 0 Å². The molecule has 1 amide bonds. The monoisotopic (exact) mass is 334 g/mol. The fourth-order valence-electron chi connectivity index (χ4n) is 3.13. The Morgan fingerprint density at radius 1 is 1.43 bits per heavy atom. The van der Waals surface area contributed by atoms with Crippen molar-refractivity contribution in [3.05, 3.63) is 40.3 Å². The minimum Gasteiger partial charge on any atom is -0.481 e.